The van der Waals surface area contributed by atoms with Gasteiger partial charge in [0.05, 0.1) is 21.0 Å². The lowest BCUT2D eigenvalue weighted by atomic mass is 10.2. The van der Waals surface area contributed by atoms with E-state index in [1.54, 1.807) is 36.4 Å². The monoisotopic (exact) mass is 396 g/mol. The molecule has 0 spiro atoms. The lowest BCUT2D eigenvalue weighted by Gasteiger charge is -2.13. The number of nitrogens with zero attached hydrogens (tertiary/aromatic N) is 2. The summed E-state index contributed by atoms with van der Waals surface area (Å²) in [6.45, 7) is -0.216. The maximum absolute atomic E-state index is 11.1. The fraction of sp³-hybridized carbons (Fsp3) is 0.100. The van der Waals surface area contributed by atoms with Gasteiger partial charge in [0.2, 0.25) is 0 Å². The summed E-state index contributed by atoms with van der Waals surface area (Å²) < 4.78 is 11.3. The van der Waals surface area contributed by atoms with Crippen LogP contribution >= 0.6 is 0 Å². The minimum atomic E-state index is -0.507. The maximum atomic E-state index is 11.1. The van der Waals surface area contributed by atoms with Gasteiger partial charge in [-0.3, -0.25) is 20.2 Å². The van der Waals surface area contributed by atoms with E-state index in [1.165, 1.54) is 30.3 Å². The number of benzene rings is 3. The first-order chi connectivity index (χ1) is 14.0. The third-order valence-electron chi connectivity index (χ3n) is 4.07. The fourth-order valence-electron chi connectivity index (χ4n) is 2.66. The van der Waals surface area contributed by atoms with Crippen molar-refractivity contribution in [1.29, 1.82) is 0 Å². The number of rotatable bonds is 8. The van der Waals surface area contributed by atoms with Crippen molar-refractivity contribution in [2.45, 2.75) is 13.2 Å². The summed E-state index contributed by atoms with van der Waals surface area (Å²) in [5.41, 5.74) is 0.560. The van der Waals surface area contributed by atoms with Crippen LogP contribution in [-0.4, -0.2) is 15.0 Å². The Bertz CT molecular complexity index is 1050. The van der Waals surface area contributed by atoms with Crippen LogP contribution in [0.4, 0.5) is 11.4 Å². The molecule has 0 fully saturated rings. The molecule has 29 heavy (non-hydrogen) atoms. The van der Waals surface area contributed by atoms with Crippen LogP contribution < -0.4 is 9.47 Å². The zero-order valence-corrected chi connectivity index (χ0v) is 15.1. The second-order valence-electron chi connectivity index (χ2n) is 5.98. The normalized spacial score (nSPS) is 10.3. The number of phenolic OH excluding ortho intramolecular Hbond substituents is 1. The Morgan fingerprint density at radius 3 is 1.72 bits per heavy atom. The van der Waals surface area contributed by atoms with E-state index in [2.05, 4.69) is 0 Å². The summed E-state index contributed by atoms with van der Waals surface area (Å²) in [5.74, 6) is 0.307. The van der Waals surface area contributed by atoms with Crippen molar-refractivity contribution < 1.29 is 24.4 Å². The molecule has 0 amide bonds. The number of phenols is 1. The molecule has 0 atom stereocenters. The molecule has 0 saturated heterocycles. The number of nitro benzene ring substituents is 2. The molecule has 9 heteroatoms. The molecule has 1 N–H and O–H groups in total. The standard InChI is InChI=1S/C20H16N2O7/c23-16-9-10-19(28-12-14-5-1-3-7-17(14)21(24)25)20(11-16)29-13-15-6-2-4-8-18(15)22(26)27/h1-11,23H,12-13H2. The highest BCUT2D eigenvalue weighted by Gasteiger charge is 2.16. The van der Waals surface area contributed by atoms with E-state index < -0.39 is 9.85 Å². The van der Waals surface area contributed by atoms with E-state index in [0.717, 1.165) is 0 Å². The number of ether oxygens (including phenoxy) is 2. The summed E-state index contributed by atoms with van der Waals surface area (Å²) in [5, 5.41) is 32.0. The van der Waals surface area contributed by atoms with Crippen molar-refractivity contribution in [3.05, 3.63) is 98.1 Å². The Balaban J connectivity index is 1.79. The van der Waals surface area contributed by atoms with Gasteiger partial charge in [-0.2, -0.15) is 0 Å². The predicted molar refractivity (Wildman–Crippen MR) is 103 cm³/mol. The molecule has 148 valence electrons. The second-order valence-corrected chi connectivity index (χ2v) is 5.98. The molecule has 3 aromatic carbocycles. The zero-order chi connectivity index (χ0) is 20.8. The SMILES string of the molecule is O=[N+]([O-])c1ccccc1COc1ccc(O)cc1OCc1ccccc1[N+](=O)[O-]. The van der Waals surface area contributed by atoms with Crippen molar-refractivity contribution in [2.24, 2.45) is 0 Å². The van der Waals surface area contributed by atoms with Crippen LogP contribution in [0, 0.1) is 20.2 Å². The lowest BCUT2D eigenvalue weighted by molar-refractivity contribution is -0.386. The Morgan fingerprint density at radius 2 is 1.21 bits per heavy atom. The lowest BCUT2D eigenvalue weighted by Crippen LogP contribution is -2.04. The highest BCUT2D eigenvalue weighted by Crippen LogP contribution is 2.33. The Morgan fingerprint density at radius 1 is 0.724 bits per heavy atom. The molecule has 0 unspecified atom stereocenters. The van der Waals surface area contributed by atoms with Crippen LogP contribution in [0.25, 0.3) is 0 Å². The number of nitro groups is 2. The van der Waals surface area contributed by atoms with Crippen LogP contribution in [0.15, 0.2) is 66.7 Å². The first-order valence-electron chi connectivity index (χ1n) is 8.49. The molecule has 0 heterocycles. The van der Waals surface area contributed by atoms with Gasteiger partial charge in [-0.15, -0.1) is 0 Å². The van der Waals surface area contributed by atoms with Crippen LogP contribution in [0.3, 0.4) is 0 Å². The van der Waals surface area contributed by atoms with Crippen molar-refractivity contribution >= 4 is 11.4 Å². The summed E-state index contributed by atoms with van der Waals surface area (Å²) in [6.07, 6.45) is 0. The number of para-hydroxylation sites is 2. The minimum absolute atomic E-state index is 0.0753. The molecule has 0 aromatic heterocycles. The van der Waals surface area contributed by atoms with Crippen molar-refractivity contribution in [3.63, 3.8) is 0 Å². The number of hydrogen-bond donors (Lipinski definition) is 1. The van der Waals surface area contributed by atoms with Crippen LogP contribution in [0.1, 0.15) is 11.1 Å². The molecular formula is C20H16N2O7. The van der Waals surface area contributed by atoms with Gasteiger partial charge in [-0.25, -0.2) is 0 Å². The van der Waals surface area contributed by atoms with Gasteiger partial charge in [-0.05, 0) is 24.3 Å². The molecule has 0 aliphatic heterocycles. The molecule has 3 aromatic rings. The Labute approximate surface area is 165 Å². The summed E-state index contributed by atoms with van der Waals surface area (Å²) >= 11 is 0. The van der Waals surface area contributed by atoms with Crippen molar-refractivity contribution in [1.82, 2.24) is 0 Å². The van der Waals surface area contributed by atoms with E-state index in [4.69, 9.17) is 9.47 Å². The quantitative estimate of drug-likeness (QED) is 0.443. The van der Waals surface area contributed by atoms with Gasteiger partial charge in [0, 0.05) is 18.2 Å². The van der Waals surface area contributed by atoms with E-state index in [1.807, 2.05) is 0 Å². The maximum Gasteiger partial charge on any atom is 0.276 e. The molecule has 0 aliphatic carbocycles. The third-order valence-corrected chi connectivity index (χ3v) is 4.07. The van der Waals surface area contributed by atoms with Gasteiger partial charge in [0.25, 0.3) is 11.4 Å². The highest BCUT2D eigenvalue weighted by molar-refractivity contribution is 5.47. The van der Waals surface area contributed by atoms with Gasteiger partial charge in [0.1, 0.15) is 19.0 Å². The molecule has 0 saturated carbocycles. The van der Waals surface area contributed by atoms with Crippen LogP contribution in [0.2, 0.25) is 0 Å². The van der Waals surface area contributed by atoms with Crippen molar-refractivity contribution in [2.75, 3.05) is 0 Å². The Kier molecular flexibility index (Phi) is 5.88. The summed E-state index contributed by atoms with van der Waals surface area (Å²) in [7, 11) is 0. The average Bonchev–Trinajstić information content (AvgIpc) is 2.71. The van der Waals surface area contributed by atoms with E-state index in [0.29, 0.717) is 11.1 Å². The molecular weight excluding hydrogens is 380 g/mol. The Hall–Kier alpha value is -4.14. The fourth-order valence-corrected chi connectivity index (χ4v) is 2.66. The average molecular weight is 396 g/mol. The predicted octanol–water partition coefficient (Wildman–Crippen LogP) is 4.37. The second kappa shape index (κ2) is 8.70. The number of aromatic hydroxyl groups is 1. The van der Waals surface area contributed by atoms with Gasteiger partial charge >= 0.3 is 0 Å². The van der Waals surface area contributed by atoms with Crippen molar-refractivity contribution in [3.8, 4) is 17.2 Å². The molecule has 0 aliphatic rings. The van der Waals surface area contributed by atoms with Gasteiger partial charge in [-0.1, -0.05) is 24.3 Å². The van der Waals surface area contributed by atoms with E-state index >= 15 is 0 Å². The molecule has 0 bridgehead atoms. The van der Waals surface area contributed by atoms with Crippen LogP contribution in [0.5, 0.6) is 17.2 Å². The van der Waals surface area contributed by atoms with Gasteiger partial charge in [0.15, 0.2) is 11.5 Å². The minimum Gasteiger partial charge on any atom is -0.508 e. The molecule has 3 rings (SSSR count). The summed E-state index contributed by atoms with van der Waals surface area (Å²) in [4.78, 5) is 21.3. The van der Waals surface area contributed by atoms with Crippen LogP contribution in [-0.2, 0) is 13.2 Å². The first-order valence-corrected chi connectivity index (χ1v) is 8.49. The molecule has 9 nitrogen and oxygen atoms in total. The van der Waals surface area contributed by atoms with E-state index in [-0.39, 0.29) is 41.8 Å². The zero-order valence-electron chi connectivity index (χ0n) is 15.1. The highest BCUT2D eigenvalue weighted by atomic mass is 16.6. The largest absolute Gasteiger partial charge is 0.508 e. The summed E-state index contributed by atoms with van der Waals surface area (Å²) in [6, 6.07) is 16.5. The van der Waals surface area contributed by atoms with E-state index in [9.17, 15) is 25.3 Å². The topological polar surface area (TPSA) is 125 Å². The van der Waals surface area contributed by atoms with Gasteiger partial charge < -0.3 is 14.6 Å². The molecule has 0 radical (unpaired) electrons. The number of hydrogen-bond acceptors (Lipinski definition) is 7. The third kappa shape index (κ3) is 4.78. The first kappa shape index (κ1) is 19.6. The smallest absolute Gasteiger partial charge is 0.276 e.